The second kappa shape index (κ2) is 8.76. The summed E-state index contributed by atoms with van der Waals surface area (Å²) in [6, 6.07) is 5.81. The van der Waals surface area contributed by atoms with Crippen LogP contribution in [0.3, 0.4) is 0 Å². The molecule has 3 rings (SSSR count). The van der Waals surface area contributed by atoms with Crippen LogP contribution in [0, 0.1) is 17.8 Å². The van der Waals surface area contributed by atoms with Gasteiger partial charge in [0.15, 0.2) is 0 Å². The Morgan fingerprint density at radius 1 is 1.14 bits per heavy atom. The van der Waals surface area contributed by atoms with Gasteiger partial charge in [-0.25, -0.2) is 4.79 Å². The Morgan fingerprint density at radius 2 is 1.72 bits per heavy atom. The second-order valence-corrected chi connectivity index (χ2v) is 8.13. The number of imide groups is 1. The van der Waals surface area contributed by atoms with Crippen LogP contribution in [-0.4, -0.2) is 46.3 Å². The van der Waals surface area contributed by atoms with Crippen molar-refractivity contribution in [2.45, 2.75) is 52.0 Å². The smallest absolute Gasteiger partial charge is 0.326 e. The number of carboxylic acid groups (broad SMARTS) is 1. The highest BCUT2D eigenvalue weighted by molar-refractivity contribution is 6.21. The first-order valence-electron chi connectivity index (χ1n) is 10.3. The molecule has 1 saturated carbocycles. The number of carboxylic acids is 1. The van der Waals surface area contributed by atoms with Crippen LogP contribution in [0.15, 0.2) is 24.3 Å². The van der Waals surface area contributed by atoms with Crippen LogP contribution >= 0.6 is 0 Å². The molecule has 1 aromatic carbocycles. The fourth-order valence-corrected chi connectivity index (χ4v) is 4.35. The molecule has 1 heterocycles. The summed E-state index contributed by atoms with van der Waals surface area (Å²) in [5, 5.41) is 12.2. The van der Waals surface area contributed by atoms with Crippen LogP contribution in [0.5, 0.6) is 0 Å². The first-order valence-corrected chi connectivity index (χ1v) is 10.3. The predicted octanol–water partition coefficient (Wildman–Crippen LogP) is 2.70. The van der Waals surface area contributed by atoms with Gasteiger partial charge in [-0.15, -0.1) is 0 Å². The SMILES string of the molecule is CCC(C)C(NC(=O)C1CCCCC1CN1C(=O)c2ccccc2C1=O)C(=O)O. The number of benzene rings is 1. The van der Waals surface area contributed by atoms with Crippen LogP contribution < -0.4 is 5.32 Å². The monoisotopic (exact) mass is 400 g/mol. The van der Waals surface area contributed by atoms with Gasteiger partial charge in [-0.2, -0.15) is 0 Å². The van der Waals surface area contributed by atoms with Crippen molar-refractivity contribution >= 4 is 23.7 Å². The van der Waals surface area contributed by atoms with Crippen molar-refractivity contribution in [3.8, 4) is 0 Å². The standard InChI is InChI=1S/C22H28N2O5/c1-3-13(2)18(22(28)29)23-19(25)15-9-5-4-8-14(15)12-24-20(26)16-10-6-7-11-17(16)21(24)27/h6-7,10-11,13-15,18H,3-5,8-9,12H2,1-2H3,(H,23,25)(H,28,29). The molecule has 4 atom stereocenters. The Morgan fingerprint density at radius 3 is 2.28 bits per heavy atom. The Bertz CT molecular complexity index is 786. The van der Waals surface area contributed by atoms with E-state index in [4.69, 9.17) is 0 Å². The molecule has 3 amide bonds. The number of hydrogen-bond donors (Lipinski definition) is 2. The summed E-state index contributed by atoms with van der Waals surface area (Å²) < 4.78 is 0. The number of fused-ring (bicyclic) bond motifs is 1. The summed E-state index contributed by atoms with van der Waals surface area (Å²) in [6.45, 7) is 3.88. The van der Waals surface area contributed by atoms with Crippen molar-refractivity contribution < 1.29 is 24.3 Å². The summed E-state index contributed by atoms with van der Waals surface area (Å²) in [5.41, 5.74) is 0.800. The maximum Gasteiger partial charge on any atom is 0.326 e. The van der Waals surface area contributed by atoms with Gasteiger partial charge in [0.05, 0.1) is 11.1 Å². The Labute approximate surface area is 170 Å². The van der Waals surface area contributed by atoms with Crippen LogP contribution in [0.2, 0.25) is 0 Å². The molecule has 2 N–H and O–H groups in total. The molecule has 0 radical (unpaired) electrons. The van der Waals surface area contributed by atoms with Crippen LogP contribution in [0.25, 0.3) is 0 Å². The third-order valence-electron chi connectivity index (χ3n) is 6.32. The molecular weight excluding hydrogens is 372 g/mol. The molecule has 1 aromatic rings. The minimum absolute atomic E-state index is 0.169. The highest BCUT2D eigenvalue weighted by atomic mass is 16.4. The lowest BCUT2D eigenvalue weighted by atomic mass is 9.78. The van der Waals surface area contributed by atoms with Gasteiger partial charge in [0.25, 0.3) is 11.8 Å². The topological polar surface area (TPSA) is 104 Å². The zero-order chi connectivity index (χ0) is 21.1. The summed E-state index contributed by atoms with van der Waals surface area (Å²) >= 11 is 0. The minimum atomic E-state index is -1.04. The molecule has 1 aliphatic heterocycles. The average Bonchev–Trinajstić information content (AvgIpc) is 2.96. The van der Waals surface area contributed by atoms with E-state index in [1.807, 2.05) is 6.92 Å². The zero-order valence-electron chi connectivity index (χ0n) is 16.9. The Balaban J connectivity index is 1.73. The van der Waals surface area contributed by atoms with Gasteiger partial charge in [0.2, 0.25) is 5.91 Å². The van der Waals surface area contributed by atoms with Gasteiger partial charge in [-0.3, -0.25) is 19.3 Å². The van der Waals surface area contributed by atoms with E-state index >= 15 is 0 Å². The zero-order valence-corrected chi connectivity index (χ0v) is 16.9. The first-order chi connectivity index (χ1) is 13.8. The first kappa shape index (κ1) is 21.0. The summed E-state index contributed by atoms with van der Waals surface area (Å²) in [7, 11) is 0. The van der Waals surface area contributed by atoms with Crippen LogP contribution in [0.4, 0.5) is 0 Å². The van der Waals surface area contributed by atoms with Crippen LogP contribution in [0.1, 0.15) is 66.7 Å². The predicted molar refractivity (Wildman–Crippen MR) is 106 cm³/mol. The molecule has 1 fully saturated rings. The molecule has 0 saturated heterocycles. The maximum atomic E-state index is 12.9. The van der Waals surface area contributed by atoms with E-state index in [1.54, 1.807) is 31.2 Å². The summed E-state index contributed by atoms with van der Waals surface area (Å²) in [6.07, 6.45) is 3.79. The fraction of sp³-hybridized carbons (Fsp3) is 0.545. The van der Waals surface area contributed by atoms with E-state index in [-0.39, 0.29) is 36.1 Å². The number of aliphatic carboxylic acids is 1. The Hall–Kier alpha value is -2.70. The van der Waals surface area contributed by atoms with Crippen molar-refractivity contribution in [3.63, 3.8) is 0 Å². The minimum Gasteiger partial charge on any atom is -0.480 e. The van der Waals surface area contributed by atoms with E-state index in [0.717, 1.165) is 19.3 Å². The third-order valence-corrected chi connectivity index (χ3v) is 6.32. The molecule has 4 unspecified atom stereocenters. The molecule has 1 aliphatic carbocycles. The molecule has 0 aromatic heterocycles. The van der Waals surface area contributed by atoms with Gasteiger partial charge in [0, 0.05) is 12.5 Å². The lowest BCUT2D eigenvalue weighted by Crippen LogP contribution is -2.50. The van der Waals surface area contributed by atoms with E-state index in [9.17, 15) is 24.3 Å². The number of amides is 3. The summed E-state index contributed by atoms with van der Waals surface area (Å²) in [5.74, 6) is -2.73. The van der Waals surface area contributed by atoms with Crippen molar-refractivity contribution in [2.75, 3.05) is 6.54 Å². The van der Waals surface area contributed by atoms with Crippen LogP contribution in [-0.2, 0) is 9.59 Å². The van der Waals surface area contributed by atoms with Gasteiger partial charge >= 0.3 is 5.97 Å². The second-order valence-electron chi connectivity index (χ2n) is 8.13. The third kappa shape index (κ3) is 4.18. The molecular formula is C22H28N2O5. The van der Waals surface area contributed by atoms with Gasteiger partial charge < -0.3 is 10.4 Å². The lowest BCUT2D eigenvalue weighted by molar-refractivity contribution is -0.144. The molecule has 29 heavy (non-hydrogen) atoms. The molecule has 7 heteroatoms. The quantitative estimate of drug-likeness (QED) is 0.685. The molecule has 7 nitrogen and oxygen atoms in total. The van der Waals surface area contributed by atoms with Crippen molar-refractivity contribution in [1.82, 2.24) is 10.2 Å². The van der Waals surface area contributed by atoms with Gasteiger partial charge in [-0.05, 0) is 36.8 Å². The fourth-order valence-electron chi connectivity index (χ4n) is 4.35. The van der Waals surface area contributed by atoms with Gasteiger partial charge in [-0.1, -0.05) is 45.2 Å². The van der Waals surface area contributed by atoms with Gasteiger partial charge in [0.1, 0.15) is 6.04 Å². The molecule has 0 bridgehead atoms. The largest absolute Gasteiger partial charge is 0.480 e. The highest BCUT2D eigenvalue weighted by Gasteiger charge is 2.40. The van der Waals surface area contributed by atoms with E-state index in [2.05, 4.69) is 5.32 Å². The van der Waals surface area contributed by atoms with Crippen molar-refractivity contribution in [3.05, 3.63) is 35.4 Å². The summed E-state index contributed by atoms with van der Waals surface area (Å²) in [4.78, 5) is 51.1. The highest BCUT2D eigenvalue weighted by Crippen LogP contribution is 2.33. The van der Waals surface area contributed by atoms with Crippen molar-refractivity contribution in [1.29, 1.82) is 0 Å². The lowest BCUT2D eigenvalue weighted by Gasteiger charge is -2.34. The molecule has 0 spiro atoms. The number of rotatable bonds is 7. The number of carbonyl (C=O) groups excluding carboxylic acids is 3. The maximum absolute atomic E-state index is 12.9. The van der Waals surface area contributed by atoms with E-state index in [0.29, 0.717) is 24.0 Å². The normalized spacial score (nSPS) is 23.4. The van der Waals surface area contributed by atoms with E-state index < -0.39 is 17.9 Å². The number of nitrogens with zero attached hydrogens (tertiary/aromatic N) is 1. The molecule has 2 aliphatic rings. The molecule has 156 valence electrons. The van der Waals surface area contributed by atoms with E-state index in [1.165, 1.54) is 4.90 Å². The van der Waals surface area contributed by atoms with Crippen molar-refractivity contribution in [2.24, 2.45) is 17.8 Å². The number of carbonyl (C=O) groups is 4. The number of nitrogens with one attached hydrogen (secondary N) is 1. The average molecular weight is 400 g/mol. The Kier molecular flexibility index (Phi) is 6.35. The number of hydrogen-bond acceptors (Lipinski definition) is 4.